The third-order valence-corrected chi connectivity index (χ3v) is 5.55. The van der Waals surface area contributed by atoms with Crippen molar-refractivity contribution in [3.05, 3.63) is 59.7 Å². The van der Waals surface area contributed by atoms with Crippen LogP contribution in [0.3, 0.4) is 0 Å². The number of alkyl carbamates (subject to hydrolysis) is 1. The fourth-order valence-electron chi connectivity index (χ4n) is 4.04. The van der Waals surface area contributed by atoms with Crippen molar-refractivity contribution >= 4 is 18.0 Å². The molecule has 0 aliphatic heterocycles. The number of ether oxygens (including phenoxy) is 1. The zero-order valence-corrected chi connectivity index (χ0v) is 17.9. The van der Waals surface area contributed by atoms with Gasteiger partial charge in [0, 0.05) is 18.4 Å². The van der Waals surface area contributed by atoms with Crippen molar-refractivity contribution in [2.75, 3.05) is 13.2 Å². The van der Waals surface area contributed by atoms with E-state index in [0.717, 1.165) is 22.3 Å². The average molecular weight is 440 g/mol. The first kappa shape index (κ1) is 23.3. The summed E-state index contributed by atoms with van der Waals surface area (Å²) in [7, 11) is 0. The fourth-order valence-corrected chi connectivity index (χ4v) is 4.04. The van der Waals surface area contributed by atoms with Crippen molar-refractivity contribution in [1.82, 2.24) is 10.6 Å². The number of carboxylic acid groups (broad SMARTS) is 1. The Morgan fingerprint density at radius 2 is 1.59 bits per heavy atom. The Labute approximate surface area is 186 Å². The maximum absolute atomic E-state index is 12.5. The van der Waals surface area contributed by atoms with Crippen LogP contribution < -0.4 is 10.6 Å². The smallest absolute Gasteiger partial charge is 0.407 e. The Hall–Kier alpha value is -3.39. The lowest BCUT2D eigenvalue weighted by atomic mass is 9.98. The monoisotopic (exact) mass is 440 g/mol. The largest absolute Gasteiger partial charge is 0.480 e. The normalized spacial score (nSPS) is 14.1. The molecule has 0 bridgehead atoms. The lowest BCUT2D eigenvalue weighted by Gasteiger charge is -2.20. The number of nitrogens with one attached hydrogen (secondary N) is 2. The highest BCUT2D eigenvalue weighted by molar-refractivity contribution is 5.84. The average Bonchev–Trinajstić information content (AvgIpc) is 3.10. The number of aliphatic hydroxyl groups is 1. The first-order valence-corrected chi connectivity index (χ1v) is 10.7. The van der Waals surface area contributed by atoms with Crippen LogP contribution >= 0.6 is 0 Å². The Kier molecular flexibility index (Phi) is 7.83. The predicted molar refractivity (Wildman–Crippen MR) is 118 cm³/mol. The van der Waals surface area contributed by atoms with E-state index in [-0.39, 0.29) is 18.9 Å². The lowest BCUT2D eigenvalue weighted by molar-refractivity contribution is -0.143. The summed E-state index contributed by atoms with van der Waals surface area (Å²) < 4.78 is 5.52. The number of rotatable bonds is 10. The zero-order chi connectivity index (χ0) is 23.1. The molecule has 0 saturated heterocycles. The Bertz CT molecular complexity index is 931. The van der Waals surface area contributed by atoms with Crippen molar-refractivity contribution in [2.24, 2.45) is 0 Å². The number of amides is 2. The standard InChI is InChI=1S/C24H28N2O6/c1-2-7-15(12-22(28)26-21(13-27)23(29)30)25-24(31)32-14-20-18-10-5-3-8-16(18)17-9-4-6-11-19(17)20/h3-6,8-11,15,20-21,27H,2,7,12-14H2,1H3,(H,25,31)(H,26,28)(H,29,30)/t15-,21?/m1/s1. The molecule has 0 fully saturated rings. The Morgan fingerprint density at radius 3 is 2.12 bits per heavy atom. The molecule has 0 aromatic heterocycles. The van der Waals surface area contributed by atoms with E-state index in [1.165, 1.54) is 0 Å². The highest BCUT2D eigenvalue weighted by atomic mass is 16.5. The molecule has 1 aliphatic carbocycles. The quantitative estimate of drug-likeness (QED) is 0.450. The molecule has 0 radical (unpaired) electrons. The molecule has 0 saturated carbocycles. The molecule has 2 atom stereocenters. The molecule has 4 N–H and O–H groups in total. The summed E-state index contributed by atoms with van der Waals surface area (Å²) in [6, 6.07) is 14.2. The van der Waals surface area contributed by atoms with Crippen LogP contribution in [0.25, 0.3) is 11.1 Å². The van der Waals surface area contributed by atoms with Crippen LogP contribution in [0.1, 0.15) is 43.2 Å². The fraction of sp³-hybridized carbons (Fsp3) is 0.375. The van der Waals surface area contributed by atoms with E-state index in [2.05, 4.69) is 22.8 Å². The third-order valence-electron chi connectivity index (χ3n) is 5.55. The molecule has 8 nitrogen and oxygen atoms in total. The Morgan fingerprint density at radius 1 is 1.00 bits per heavy atom. The van der Waals surface area contributed by atoms with Gasteiger partial charge in [0.25, 0.3) is 0 Å². The van der Waals surface area contributed by atoms with Gasteiger partial charge in [0.15, 0.2) is 0 Å². The number of carboxylic acids is 1. The molecule has 32 heavy (non-hydrogen) atoms. The topological polar surface area (TPSA) is 125 Å². The lowest BCUT2D eigenvalue weighted by Crippen LogP contribution is -2.46. The van der Waals surface area contributed by atoms with Crippen molar-refractivity contribution in [3.63, 3.8) is 0 Å². The predicted octanol–water partition coefficient (Wildman–Crippen LogP) is 2.65. The molecule has 0 spiro atoms. The van der Waals surface area contributed by atoms with Crippen molar-refractivity contribution in [1.29, 1.82) is 0 Å². The number of hydrogen-bond acceptors (Lipinski definition) is 5. The van der Waals surface area contributed by atoms with E-state index in [0.29, 0.717) is 12.8 Å². The number of hydrogen-bond donors (Lipinski definition) is 4. The molecule has 170 valence electrons. The van der Waals surface area contributed by atoms with Crippen LogP contribution in [-0.2, 0) is 14.3 Å². The molecule has 2 amide bonds. The van der Waals surface area contributed by atoms with Gasteiger partial charge in [0.05, 0.1) is 6.61 Å². The SMILES string of the molecule is CCC[C@H](CC(=O)NC(CO)C(=O)O)NC(=O)OCC1c2ccccc2-c2ccccc21. The van der Waals surface area contributed by atoms with Crippen molar-refractivity contribution in [3.8, 4) is 11.1 Å². The maximum Gasteiger partial charge on any atom is 0.407 e. The maximum atomic E-state index is 12.5. The number of aliphatic carboxylic acids is 1. The minimum atomic E-state index is -1.38. The highest BCUT2D eigenvalue weighted by Gasteiger charge is 2.29. The van der Waals surface area contributed by atoms with Gasteiger partial charge < -0.3 is 25.6 Å². The van der Waals surface area contributed by atoms with Crippen molar-refractivity contribution in [2.45, 2.75) is 44.2 Å². The molecule has 3 rings (SSSR count). The molecule has 1 aliphatic rings. The van der Waals surface area contributed by atoms with Gasteiger partial charge in [0.2, 0.25) is 5.91 Å². The molecule has 0 heterocycles. The number of benzene rings is 2. The van der Waals surface area contributed by atoms with Gasteiger partial charge in [0.1, 0.15) is 12.6 Å². The summed E-state index contributed by atoms with van der Waals surface area (Å²) in [5, 5.41) is 23.0. The van der Waals surface area contributed by atoms with Crippen LogP contribution in [0.2, 0.25) is 0 Å². The zero-order valence-electron chi connectivity index (χ0n) is 17.9. The van der Waals surface area contributed by atoms with Crippen LogP contribution in [0.5, 0.6) is 0 Å². The van der Waals surface area contributed by atoms with Gasteiger partial charge in [-0.2, -0.15) is 0 Å². The molecular weight excluding hydrogens is 412 g/mol. The van der Waals surface area contributed by atoms with Crippen LogP contribution in [0, 0.1) is 0 Å². The van der Waals surface area contributed by atoms with Gasteiger partial charge in [-0.3, -0.25) is 4.79 Å². The van der Waals surface area contributed by atoms with E-state index in [4.69, 9.17) is 14.9 Å². The molecule has 8 heteroatoms. The minimum Gasteiger partial charge on any atom is -0.480 e. The minimum absolute atomic E-state index is 0.0676. The summed E-state index contributed by atoms with van der Waals surface area (Å²) in [5.74, 6) is -1.96. The van der Waals surface area contributed by atoms with Crippen LogP contribution in [-0.4, -0.2) is 53.5 Å². The van der Waals surface area contributed by atoms with Gasteiger partial charge >= 0.3 is 12.1 Å². The number of aliphatic hydroxyl groups excluding tert-OH is 1. The summed E-state index contributed by atoms with van der Waals surface area (Å²) in [4.78, 5) is 35.6. The van der Waals surface area contributed by atoms with Crippen LogP contribution in [0.4, 0.5) is 4.79 Å². The number of carbonyl (C=O) groups is 3. The van der Waals surface area contributed by atoms with E-state index in [1.807, 2.05) is 43.3 Å². The first-order valence-electron chi connectivity index (χ1n) is 10.7. The van der Waals surface area contributed by atoms with E-state index in [9.17, 15) is 14.4 Å². The van der Waals surface area contributed by atoms with Gasteiger partial charge in [-0.15, -0.1) is 0 Å². The van der Waals surface area contributed by atoms with E-state index >= 15 is 0 Å². The van der Waals surface area contributed by atoms with Crippen molar-refractivity contribution < 1.29 is 29.3 Å². The first-order chi connectivity index (χ1) is 15.4. The second kappa shape index (κ2) is 10.8. The number of carbonyl (C=O) groups excluding carboxylic acids is 2. The van der Waals surface area contributed by atoms with Gasteiger partial charge in [-0.25, -0.2) is 9.59 Å². The van der Waals surface area contributed by atoms with Crippen LogP contribution in [0.15, 0.2) is 48.5 Å². The molecule has 1 unspecified atom stereocenters. The summed E-state index contributed by atoms with van der Waals surface area (Å²) in [6.45, 7) is 1.37. The Balaban J connectivity index is 1.59. The second-order valence-electron chi connectivity index (χ2n) is 7.80. The van der Waals surface area contributed by atoms with E-state index in [1.54, 1.807) is 0 Å². The van der Waals surface area contributed by atoms with Gasteiger partial charge in [-0.05, 0) is 28.7 Å². The number of fused-ring (bicyclic) bond motifs is 3. The van der Waals surface area contributed by atoms with E-state index < -0.39 is 36.7 Å². The third kappa shape index (κ3) is 5.45. The summed E-state index contributed by atoms with van der Waals surface area (Å²) in [5.41, 5.74) is 4.48. The summed E-state index contributed by atoms with van der Waals surface area (Å²) in [6.07, 6.45) is 0.496. The molecule has 2 aromatic rings. The second-order valence-corrected chi connectivity index (χ2v) is 7.80. The molecular formula is C24H28N2O6. The summed E-state index contributed by atoms with van der Waals surface area (Å²) >= 11 is 0. The van der Waals surface area contributed by atoms with Gasteiger partial charge in [-0.1, -0.05) is 61.9 Å². The molecule has 2 aromatic carbocycles. The highest BCUT2D eigenvalue weighted by Crippen LogP contribution is 2.44.